The van der Waals surface area contributed by atoms with E-state index in [-0.39, 0.29) is 11.5 Å². The number of sulfonamides is 1. The summed E-state index contributed by atoms with van der Waals surface area (Å²) in [4.78, 5) is 12.1. The molecule has 0 unspecified atom stereocenters. The zero-order valence-electron chi connectivity index (χ0n) is 16.5. The molecule has 0 atom stereocenters. The third-order valence-electron chi connectivity index (χ3n) is 4.27. The molecule has 29 heavy (non-hydrogen) atoms. The molecular formula is C21H27BrN2O4S. The summed E-state index contributed by atoms with van der Waals surface area (Å²) in [6, 6.07) is 16.3. The van der Waals surface area contributed by atoms with Gasteiger partial charge in [0.1, 0.15) is 6.61 Å². The maximum atomic E-state index is 12.9. The van der Waals surface area contributed by atoms with Crippen LogP contribution in [0.15, 0.2) is 59.5 Å². The Bertz CT molecular complexity index is 858. The molecule has 8 heteroatoms. The molecule has 0 heterocycles. The summed E-state index contributed by atoms with van der Waals surface area (Å²) < 4.78 is 32.5. The number of rotatable bonds is 11. The predicted molar refractivity (Wildman–Crippen MR) is 118 cm³/mol. The van der Waals surface area contributed by atoms with Crippen molar-refractivity contribution in [3.63, 3.8) is 0 Å². The van der Waals surface area contributed by atoms with Crippen molar-refractivity contribution in [2.45, 2.75) is 31.3 Å². The van der Waals surface area contributed by atoms with E-state index in [1.807, 2.05) is 37.3 Å². The van der Waals surface area contributed by atoms with Crippen molar-refractivity contribution in [2.75, 3.05) is 25.0 Å². The minimum absolute atomic E-state index is 0.200. The quantitative estimate of drug-likeness (QED) is 0.386. The van der Waals surface area contributed by atoms with Crippen LogP contribution >= 0.6 is 15.9 Å². The largest absolute Gasteiger partial charge is 0.445 e. The summed E-state index contributed by atoms with van der Waals surface area (Å²) in [7, 11) is -3.57. The lowest BCUT2D eigenvalue weighted by Gasteiger charge is -2.22. The van der Waals surface area contributed by atoms with E-state index in [4.69, 9.17) is 4.74 Å². The van der Waals surface area contributed by atoms with Crippen LogP contribution in [0.3, 0.4) is 0 Å². The fourth-order valence-corrected chi connectivity index (χ4v) is 4.44. The van der Waals surface area contributed by atoms with Gasteiger partial charge in [-0.05, 0) is 37.5 Å². The van der Waals surface area contributed by atoms with E-state index in [0.29, 0.717) is 32.5 Å². The molecule has 0 bridgehead atoms. The summed E-state index contributed by atoms with van der Waals surface area (Å²) >= 11 is 3.35. The smallest absolute Gasteiger partial charge is 0.407 e. The van der Waals surface area contributed by atoms with Gasteiger partial charge < -0.3 is 10.1 Å². The molecule has 0 aliphatic rings. The van der Waals surface area contributed by atoms with Crippen molar-refractivity contribution in [1.29, 1.82) is 0 Å². The number of alkyl halides is 1. The van der Waals surface area contributed by atoms with Gasteiger partial charge in [0.2, 0.25) is 10.0 Å². The van der Waals surface area contributed by atoms with Crippen molar-refractivity contribution in [2.24, 2.45) is 0 Å². The first kappa shape index (κ1) is 23.4. The Kier molecular flexibility index (Phi) is 9.63. The Morgan fingerprint density at radius 1 is 1.03 bits per heavy atom. The zero-order chi connectivity index (χ0) is 21.1. The molecule has 2 aromatic carbocycles. The van der Waals surface area contributed by atoms with Crippen LogP contribution in [0, 0.1) is 6.92 Å². The molecule has 0 saturated heterocycles. The molecule has 2 rings (SSSR count). The van der Waals surface area contributed by atoms with E-state index in [2.05, 4.69) is 21.2 Å². The van der Waals surface area contributed by atoms with Crippen LogP contribution in [0.25, 0.3) is 0 Å². The Hall–Kier alpha value is -1.90. The number of nitrogens with one attached hydrogen (secondary N) is 1. The number of nitrogens with zero attached hydrogens (tertiary/aromatic N) is 1. The Morgan fingerprint density at radius 3 is 2.34 bits per heavy atom. The van der Waals surface area contributed by atoms with Crippen LogP contribution in [-0.2, 0) is 21.4 Å². The summed E-state index contributed by atoms with van der Waals surface area (Å²) in [6.45, 7) is 3.19. The first-order valence-corrected chi connectivity index (χ1v) is 12.1. The normalized spacial score (nSPS) is 11.4. The second-order valence-electron chi connectivity index (χ2n) is 6.60. The van der Waals surface area contributed by atoms with Gasteiger partial charge in [-0.2, -0.15) is 4.31 Å². The van der Waals surface area contributed by atoms with Crippen molar-refractivity contribution < 1.29 is 17.9 Å². The maximum absolute atomic E-state index is 12.9. The van der Waals surface area contributed by atoms with Gasteiger partial charge in [0.05, 0.1) is 4.90 Å². The number of hydrogen-bond acceptors (Lipinski definition) is 4. The van der Waals surface area contributed by atoms with Gasteiger partial charge in [-0.15, -0.1) is 0 Å². The topological polar surface area (TPSA) is 75.7 Å². The minimum Gasteiger partial charge on any atom is -0.445 e. The SMILES string of the molecule is Cc1ccc(S(=O)(=O)N(CCCBr)CCCNC(=O)OCc2ccccc2)cc1. The van der Waals surface area contributed by atoms with Gasteiger partial charge in [-0.25, -0.2) is 13.2 Å². The highest BCUT2D eigenvalue weighted by Gasteiger charge is 2.23. The third kappa shape index (κ3) is 7.79. The van der Waals surface area contributed by atoms with Crippen LogP contribution in [0.5, 0.6) is 0 Å². The van der Waals surface area contributed by atoms with Crippen molar-refractivity contribution in [3.8, 4) is 0 Å². The number of benzene rings is 2. The first-order valence-electron chi connectivity index (χ1n) is 9.51. The van der Waals surface area contributed by atoms with Crippen molar-refractivity contribution >= 4 is 32.0 Å². The van der Waals surface area contributed by atoms with Gasteiger partial charge in [0, 0.05) is 25.0 Å². The number of aryl methyl sites for hydroxylation is 1. The Morgan fingerprint density at radius 2 is 1.69 bits per heavy atom. The van der Waals surface area contributed by atoms with Crippen LogP contribution < -0.4 is 5.32 Å². The van der Waals surface area contributed by atoms with E-state index in [0.717, 1.165) is 16.5 Å². The monoisotopic (exact) mass is 482 g/mol. The molecule has 2 aromatic rings. The van der Waals surface area contributed by atoms with Crippen LogP contribution in [0.1, 0.15) is 24.0 Å². The van der Waals surface area contributed by atoms with E-state index in [1.54, 1.807) is 24.3 Å². The third-order valence-corrected chi connectivity index (χ3v) is 6.74. The molecule has 0 aliphatic heterocycles. The second-order valence-corrected chi connectivity index (χ2v) is 9.33. The number of amides is 1. The Balaban J connectivity index is 1.83. The predicted octanol–water partition coefficient (Wildman–Crippen LogP) is 4.09. The minimum atomic E-state index is -3.57. The van der Waals surface area contributed by atoms with E-state index in [1.165, 1.54) is 4.31 Å². The fourth-order valence-electron chi connectivity index (χ4n) is 2.67. The summed E-state index contributed by atoms with van der Waals surface area (Å²) in [5.74, 6) is 0. The number of halogens is 1. The number of alkyl carbamates (subject to hydrolysis) is 1. The lowest BCUT2D eigenvalue weighted by Crippen LogP contribution is -2.35. The molecular weight excluding hydrogens is 456 g/mol. The van der Waals surface area contributed by atoms with Crippen molar-refractivity contribution in [3.05, 3.63) is 65.7 Å². The molecule has 0 fully saturated rings. The van der Waals surface area contributed by atoms with E-state index >= 15 is 0 Å². The highest BCUT2D eigenvalue weighted by molar-refractivity contribution is 9.09. The van der Waals surface area contributed by atoms with Gasteiger partial charge in [0.15, 0.2) is 0 Å². The lowest BCUT2D eigenvalue weighted by atomic mass is 10.2. The van der Waals surface area contributed by atoms with E-state index < -0.39 is 16.1 Å². The standard InChI is InChI=1S/C21H27BrN2O4S/c1-18-9-11-20(12-10-18)29(26,27)24(15-5-13-22)16-6-14-23-21(25)28-17-19-7-3-2-4-8-19/h2-4,7-12H,5-6,13-17H2,1H3,(H,23,25). The molecule has 1 amide bonds. The summed E-state index contributed by atoms with van der Waals surface area (Å²) in [5.41, 5.74) is 1.92. The number of carbonyl (C=O) groups excluding carboxylic acids is 1. The molecule has 158 valence electrons. The van der Waals surface area contributed by atoms with Gasteiger partial charge >= 0.3 is 6.09 Å². The number of carbonyl (C=O) groups is 1. The van der Waals surface area contributed by atoms with E-state index in [9.17, 15) is 13.2 Å². The second kappa shape index (κ2) is 11.9. The van der Waals surface area contributed by atoms with Crippen LogP contribution in [0.2, 0.25) is 0 Å². The van der Waals surface area contributed by atoms with Gasteiger partial charge in [-0.1, -0.05) is 64.0 Å². The van der Waals surface area contributed by atoms with Crippen LogP contribution in [-0.4, -0.2) is 43.8 Å². The summed E-state index contributed by atoms with van der Waals surface area (Å²) in [5, 5.41) is 3.39. The average Bonchev–Trinajstić information content (AvgIpc) is 2.72. The zero-order valence-corrected chi connectivity index (χ0v) is 18.9. The molecule has 0 aliphatic carbocycles. The number of ether oxygens (including phenoxy) is 1. The molecule has 0 spiro atoms. The molecule has 0 aromatic heterocycles. The summed E-state index contributed by atoms with van der Waals surface area (Å²) in [6.07, 6.45) is 0.688. The lowest BCUT2D eigenvalue weighted by molar-refractivity contribution is 0.139. The van der Waals surface area contributed by atoms with Gasteiger partial charge in [-0.3, -0.25) is 0 Å². The Labute approximate surface area is 181 Å². The average molecular weight is 483 g/mol. The maximum Gasteiger partial charge on any atom is 0.407 e. The number of hydrogen-bond donors (Lipinski definition) is 1. The fraction of sp³-hybridized carbons (Fsp3) is 0.381. The highest BCUT2D eigenvalue weighted by Crippen LogP contribution is 2.17. The molecule has 0 saturated carbocycles. The molecule has 6 nitrogen and oxygen atoms in total. The molecule has 0 radical (unpaired) electrons. The first-order chi connectivity index (χ1) is 13.9. The van der Waals surface area contributed by atoms with Crippen molar-refractivity contribution in [1.82, 2.24) is 9.62 Å². The highest BCUT2D eigenvalue weighted by atomic mass is 79.9. The van der Waals surface area contributed by atoms with Gasteiger partial charge in [0.25, 0.3) is 0 Å². The van der Waals surface area contributed by atoms with Crippen LogP contribution in [0.4, 0.5) is 4.79 Å². The molecule has 1 N–H and O–H groups in total.